The Balaban J connectivity index is 0.988. The second kappa shape index (κ2) is 10.2. The zero-order valence-electron chi connectivity index (χ0n) is 25.8. The Morgan fingerprint density at radius 2 is 1.12 bits per heavy atom. The van der Waals surface area contributed by atoms with Gasteiger partial charge in [0.15, 0.2) is 0 Å². The van der Waals surface area contributed by atoms with Crippen molar-refractivity contribution in [1.29, 1.82) is 0 Å². The average Bonchev–Trinajstić information content (AvgIpc) is 3.47. The second-order valence-electron chi connectivity index (χ2n) is 16.0. The van der Waals surface area contributed by atoms with Gasteiger partial charge in [0, 0.05) is 20.2 Å². The molecule has 0 N–H and O–H groups in total. The molecular weight excluding hydrogens is 537 g/mol. The third kappa shape index (κ3) is 3.92. The molecule has 0 radical (unpaired) electrons. The summed E-state index contributed by atoms with van der Waals surface area (Å²) in [6.07, 6.45) is 20.1. The van der Waals surface area contributed by atoms with Crippen LogP contribution in [0.4, 0.5) is 0 Å². The van der Waals surface area contributed by atoms with E-state index < -0.39 is 0 Å². The Labute approximate surface area is 262 Å². The first kappa shape index (κ1) is 26.1. The maximum atomic E-state index is 2.61. The van der Waals surface area contributed by atoms with E-state index in [1.165, 1.54) is 57.0 Å². The van der Waals surface area contributed by atoms with Gasteiger partial charge in [-0.25, -0.2) is 0 Å². The summed E-state index contributed by atoms with van der Waals surface area (Å²) in [5, 5.41) is 2.83. The van der Waals surface area contributed by atoms with E-state index in [0.717, 1.165) is 65.1 Å². The van der Waals surface area contributed by atoms with E-state index in [-0.39, 0.29) is 0 Å². The minimum absolute atomic E-state index is 0.755. The van der Waals surface area contributed by atoms with Crippen LogP contribution in [0.2, 0.25) is 0 Å². The summed E-state index contributed by atoms with van der Waals surface area (Å²) in [6.45, 7) is 0. The highest BCUT2D eigenvalue weighted by molar-refractivity contribution is 7.26. The molecule has 3 aromatic carbocycles. The minimum Gasteiger partial charge on any atom is -0.135 e. The van der Waals surface area contributed by atoms with E-state index in [9.17, 15) is 0 Å². The van der Waals surface area contributed by atoms with Gasteiger partial charge in [0.2, 0.25) is 0 Å². The van der Waals surface area contributed by atoms with Crippen LogP contribution in [0.1, 0.15) is 95.0 Å². The van der Waals surface area contributed by atoms with Gasteiger partial charge >= 0.3 is 0 Å². The zero-order valence-corrected chi connectivity index (χ0v) is 26.6. The molecule has 0 saturated heterocycles. The third-order valence-corrected chi connectivity index (χ3v) is 15.9. The van der Waals surface area contributed by atoms with E-state index in [2.05, 4.69) is 66.7 Å². The summed E-state index contributed by atoms with van der Waals surface area (Å²) < 4.78 is 2.87. The Bertz CT molecular complexity index is 1660. The molecule has 1 aromatic heterocycles. The lowest BCUT2D eigenvalue weighted by molar-refractivity contribution is -0.188. The molecule has 6 aliphatic rings. The van der Waals surface area contributed by atoms with E-state index in [1.807, 2.05) is 11.3 Å². The van der Waals surface area contributed by atoms with Crippen molar-refractivity contribution in [3.63, 3.8) is 0 Å². The van der Waals surface area contributed by atoms with Crippen LogP contribution in [0, 0.1) is 59.2 Å². The van der Waals surface area contributed by atoms with Crippen LogP contribution in [-0.4, -0.2) is 0 Å². The van der Waals surface area contributed by atoms with Crippen molar-refractivity contribution in [2.24, 2.45) is 59.2 Å². The van der Waals surface area contributed by atoms with Crippen molar-refractivity contribution in [2.45, 2.75) is 89.4 Å². The fraction of sp³-hybridized carbons (Fsp3) is 0.571. The molecule has 1 heterocycles. The predicted octanol–water partition coefficient (Wildman–Crippen LogP) is 12.1. The minimum atomic E-state index is 0.755. The highest BCUT2D eigenvalue weighted by Gasteiger charge is 2.62. The van der Waals surface area contributed by atoms with Gasteiger partial charge in [-0.2, -0.15) is 0 Å². The maximum absolute atomic E-state index is 2.61. The normalized spacial score (nSPS) is 40.0. The van der Waals surface area contributed by atoms with Crippen molar-refractivity contribution in [2.75, 3.05) is 0 Å². The molecule has 10 rings (SSSR count). The van der Waals surface area contributed by atoms with Gasteiger partial charge < -0.3 is 0 Å². The lowest BCUT2D eigenvalue weighted by Crippen LogP contribution is -2.61. The van der Waals surface area contributed by atoms with Crippen LogP contribution in [0.5, 0.6) is 0 Å². The summed E-state index contributed by atoms with van der Waals surface area (Å²) in [4.78, 5) is 0. The van der Waals surface area contributed by atoms with Gasteiger partial charge in [-0.15, -0.1) is 11.3 Å². The van der Waals surface area contributed by atoms with Crippen LogP contribution < -0.4 is 0 Å². The molecule has 6 saturated carbocycles. The lowest BCUT2D eigenvalue weighted by Gasteiger charge is -2.67. The summed E-state index contributed by atoms with van der Waals surface area (Å²) in [7, 11) is 0. The van der Waals surface area contributed by atoms with Crippen LogP contribution >= 0.6 is 11.3 Å². The van der Waals surface area contributed by atoms with E-state index in [4.69, 9.17) is 0 Å². The van der Waals surface area contributed by atoms with Crippen LogP contribution in [0.25, 0.3) is 31.3 Å². The lowest BCUT2D eigenvalue weighted by atomic mass is 9.37. The maximum Gasteiger partial charge on any atom is 0.0433 e. The van der Waals surface area contributed by atoms with E-state index in [1.54, 1.807) is 63.4 Å². The molecule has 6 fully saturated rings. The number of thiophene rings is 1. The molecule has 0 aliphatic heterocycles. The van der Waals surface area contributed by atoms with Gasteiger partial charge in [0.05, 0.1) is 0 Å². The number of hydrogen-bond donors (Lipinski definition) is 0. The Morgan fingerprint density at radius 1 is 0.488 bits per heavy atom. The Kier molecular flexibility index (Phi) is 6.20. The van der Waals surface area contributed by atoms with Crippen LogP contribution in [0.15, 0.2) is 66.7 Å². The molecule has 11 unspecified atom stereocenters. The number of rotatable bonds is 2. The van der Waals surface area contributed by atoms with Crippen molar-refractivity contribution < 1.29 is 0 Å². The summed E-state index contributed by atoms with van der Waals surface area (Å²) >= 11 is 1.98. The van der Waals surface area contributed by atoms with Gasteiger partial charge in [-0.05, 0) is 146 Å². The zero-order chi connectivity index (χ0) is 28.1. The Morgan fingerprint density at radius 3 is 1.88 bits per heavy atom. The standard InChI is InChI=1S/C42H48S/c1-2-12-30-29(11-1)33-15-7-17-35-31-22-21-26(24-38(31)36-18-8-16-34(30)41(36)40(33)35)25-9-5-10-27(23-25)28-14-6-19-37-32-13-3-4-20-39(32)43-42(28)37/h3-6,9-10,13-14,19-20,23,26,29-31,33-36,38,40-41H,1-2,7-8,11-12,15-18,21-22,24H2. The molecule has 6 aliphatic carbocycles. The van der Waals surface area contributed by atoms with Crippen molar-refractivity contribution in [3.05, 3.63) is 72.3 Å². The second-order valence-corrected chi connectivity index (χ2v) is 17.1. The molecule has 11 atom stereocenters. The number of fused-ring (bicyclic) bond motifs is 9. The molecule has 0 spiro atoms. The SMILES string of the molecule is c1cc(-c2cccc3c2sc2ccccc23)cc(C2CCC3C(C2)C2CCCC4C5CCCCC5C5CCCC3C5C42)c1. The van der Waals surface area contributed by atoms with Crippen LogP contribution in [-0.2, 0) is 0 Å². The molecule has 0 bridgehead atoms. The topological polar surface area (TPSA) is 0 Å². The Hall–Kier alpha value is -2.12. The quantitative estimate of drug-likeness (QED) is 0.220. The van der Waals surface area contributed by atoms with E-state index >= 15 is 0 Å². The average molecular weight is 585 g/mol. The monoisotopic (exact) mass is 584 g/mol. The molecular formula is C42H48S. The molecule has 1 heteroatoms. The fourth-order valence-electron chi connectivity index (χ4n) is 13.5. The van der Waals surface area contributed by atoms with Gasteiger partial charge in [-0.3, -0.25) is 0 Å². The molecule has 4 aromatic rings. The molecule has 222 valence electrons. The first-order valence-electron chi connectivity index (χ1n) is 18.3. The van der Waals surface area contributed by atoms with Crippen molar-refractivity contribution >= 4 is 31.5 Å². The number of benzene rings is 3. The summed E-state index contributed by atoms with van der Waals surface area (Å²) in [6, 6.07) is 25.8. The first-order valence-corrected chi connectivity index (χ1v) is 19.2. The van der Waals surface area contributed by atoms with Crippen molar-refractivity contribution in [3.8, 4) is 11.1 Å². The molecule has 0 amide bonds. The highest BCUT2D eigenvalue weighted by Crippen LogP contribution is 2.69. The van der Waals surface area contributed by atoms with Gasteiger partial charge in [0.1, 0.15) is 0 Å². The third-order valence-electron chi connectivity index (χ3n) is 14.7. The largest absolute Gasteiger partial charge is 0.135 e. The molecule has 43 heavy (non-hydrogen) atoms. The summed E-state index contributed by atoms with van der Waals surface area (Å²) in [5.41, 5.74) is 4.51. The van der Waals surface area contributed by atoms with E-state index in [0.29, 0.717) is 0 Å². The van der Waals surface area contributed by atoms with Crippen LogP contribution in [0.3, 0.4) is 0 Å². The predicted molar refractivity (Wildman–Crippen MR) is 182 cm³/mol. The highest BCUT2D eigenvalue weighted by atomic mass is 32.1. The van der Waals surface area contributed by atoms with Gasteiger partial charge in [0.25, 0.3) is 0 Å². The summed E-state index contributed by atoms with van der Waals surface area (Å²) in [5.74, 6) is 11.6. The molecule has 0 nitrogen and oxygen atoms in total. The van der Waals surface area contributed by atoms with Crippen molar-refractivity contribution in [1.82, 2.24) is 0 Å². The first-order chi connectivity index (χ1) is 21.3. The number of hydrogen-bond acceptors (Lipinski definition) is 1. The van der Waals surface area contributed by atoms with Gasteiger partial charge in [-0.1, -0.05) is 86.3 Å². The fourth-order valence-corrected chi connectivity index (χ4v) is 14.7. The smallest absolute Gasteiger partial charge is 0.0433 e.